The minimum absolute atomic E-state index is 0. The van der Waals surface area contributed by atoms with Gasteiger partial charge in [0.2, 0.25) is 5.91 Å². The van der Waals surface area contributed by atoms with Crippen molar-refractivity contribution in [1.82, 2.24) is 15.1 Å². The van der Waals surface area contributed by atoms with Crippen LogP contribution >= 0.6 is 24.0 Å². The van der Waals surface area contributed by atoms with Gasteiger partial charge in [-0.15, -0.1) is 12.4 Å². The van der Waals surface area contributed by atoms with Gasteiger partial charge in [-0.1, -0.05) is 23.7 Å². The molecule has 2 heterocycles. The molecule has 188 valence electrons. The predicted octanol–water partition coefficient (Wildman–Crippen LogP) is 3.10. The first-order chi connectivity index (χ1) is 16.3. The highest BCUT2D eigenvalue weighted by Gasteiger charge is 2.39. The lowest BCUT2D eigenvalue weighted by molar-refractivity contribution is -0.136. The Hall–Kier alpha value is -2.85. The Kier molecular flexibility index (Phi) is 8.96. The Bertz CT molecular complexity index is 1090. The van der Waals surface area contributed by atoms with Crippen molar-refractivity contribution in [3.8, 4) is 5.75 Å². The summed E-state index contributed by atoms with van der Waals surface area (Å²) in [6, 6.07) is 8.99. The smallest absolute Gasteiger partial charge is 0.316 e. The molecule has 2 aliphatic heterocycles. The third-order valence-corrected chi connectivity index (χ3v) is 6.34. The molecule has 2 unspecified atom stereocenters. The second-order valence-corrected chi connectivity index (χ2v) is 8.84. The zero-order chi connectivity index (χ0) is 24.2. The number of halogens is 3. The molecule has 0 radical (unpaired) electrons. The number of nitrogens with one attached hydrogen (secondary N) is 2. The second kappa shape index (κ2) is 11.7. The number of anilines is 1. The van der Waals surface area contributed by atoms with Crippen molar-refractivity contribution in [2.45, 2.75) is 18.6 Å². The molecule has 4 N–H and O–H groups in total. The van der Waals surface area contributed by atoms with Gasteiger partial charge < -0.3 is 26.0 Å². The number of urea groups is 1. The molecule has 11 heteroatoms. The van der Waals surface area contributed by atoms with Gasteiger partial charge in [0.05, 0.1) is 29.9 Å². The van der Waals surface area contributed by atoms with Gasteiger partial charge >= 0.3 is 6.03 Å². The van der Waals surface area contributed by atoms with Crippen molar-refractivity contribution >= 4 is 47.7 Å². The predicted molar refractivity (Wildman–Crippen MR) is 136 cm³/mol. The molecular formula is C24H28Cl2FN5O3. The van der Waals surface area contributed by atoms with Gasteiger partial charge in [0.15, 0.2) is 0 Å². The van der Waals surface area contributed by atoms with E-state index in [9.17, 15) is 14.0 Å². The van der Waals surface area contributed by atoms with Gasteiger partial charge in [-0.25, -0.2) is 9.18 Å². The lowest BCUT2D eigenvalue weighted by atomic mass is 10.0. The third kappa shape index (κ3) is 6.43. The van der Waals surface area contributed by atoms with E-state index in [2.05, 4.69) is 15.5 Å². The van der Waals surface area contributed by atoms with Gasteiger partial charge in [0, 0.05) is 50.4 Å². The van der Waals surface area contributed by atoms with Crippen LogP contribution in [0.2, 0.25) is 5.02 Å². The normalized spacial score (nSPS) is 19.8. The number of fused-ring (bicyclic) bond motifs is 2. The Labute approximate surface area is 214 Å². The maximum Gasteiger partial charge on any atom is 0.316 e. The standard InChI is InChI=1S/C24H27ClFN5O3.ClH/c1-34-20-8-16(23(21(25)9-20)29-24(27)33)4-7-22(32)31-18-10-28-11-19(31)14-30(13-18)12-15-2-5-17(26)6-3-15;/h2-9,18-19,28H,10-14H2,1H3,(H3,27,29,33);1H/b7-4+;. The van der Waals surface area contributed by atoms with Crippen molar-refractivity contribution in [3.63, 3.8) is 0 Å². The number of methoxy groups -OCH3 is 1. The second-order valence-electron chi connectivity index (χ2n) is 8.43. The number of nitrogens with two attached hydrogens (primary N) is 1. The Morgan fingerprint density at radius 2 is 1.89 bits per heavy atom. The molecule has 2 saturated heterocycles. The SMILES string of the molecule is COc1cc(Cl)c(NC(N)=O)c(/C=C/C(=O)N2C3CNCC2CN(Cc2ccc(F)cc2)C3)c1.Cl. The largest absolute Gasteiger partial charge is 0.497 e. The quantitative estimate of drug-likeness (QED) is 0.505. The lowest BCUT2D eigenvalue weighted by Crippen LogP contribution is -2.68. The molecule has 3 amide bonds. The molecule has 0 aliphatic carbocycles. The molecule has 2 aromatic carbocycles. The van der Waals surface area contributed by atoms with Crippen LogP contribution in [0.15, 0.2) is 42.5 Å². The molecule has 0 spiro atoms. The van der Waals surface area contributed by atoms with Crippen molar-refractivity contribution < 1.29 is 18.7 Å². The lowest BCUT2D eigenvalue weighted by Gasteiger charge is -2.50. The van der Waals surface area contributed by atoms with Crippen LogP contribution in [0.3, 0.4) is 0 Å². The molecule has 0 saturated carbocycles. The number of amides is 3. The van der Waals surface area contributed by atoms with Gasteiger partial charge in [0.1, 0.15) is 11.6 Å². The summed E-state index contributed by atoms with van der Waals surface area (Å²) in [5.74, 6) is 0.114. The molecule has 0 aromatic heterocycles. The van der Waals surface area contributed by atoms with Crippen LogP contribution < -0.4 is 21.1 Å². The van der Waals surface area contributed by atoms with E-state index in [1.54, 1.807) is 30.3 Å². The summed E-state index contributed by atoms with van der Waals surface area (Å²) in [7, 11) is 1.51. The summed E-state index contributed by atoms with van der Waals surface area (Å²) in [6.45, 7) is 3.50. The highest BCUT2D eigenvalue weighted by molar-refractivity contribution is 6.34. The van der Waals surface area contributed by atoms with Gasteiger partial charge in [-0.3, -0.25) is 9.69 Å². The summed E-state index contributed by atoms with van der Waals surface area (Å²) < 4.78 is 18.5. The van der Waals surface area contributed by atoms with E-state index in [0.29, 0.717) is 49.7 Å². The summed E-state index contributed by atoms with van der Waals surface area (Å²) in [6.07, 6.45) is 3.09. The summed E-state index contributed by atoms with van der Waals surface area (Å²) in [4.78, 5) is 28.9. The van der Waals surface area contributed by atoms with E-state index in [1.807, 2.05) is 4.90 Å². The molecule has 2 aromatic rings. The molecule has 4 rings (SSSR count). The van der Waals surface area contributed by atoms with E-state index in [1.165, 1.54) is 25.3 Å². The first kappa shape index (κ1) is 26.7. The van der Waals surface area contributed by atoms with E-state index < -0.39 is 6.03 Å². The third-order valence-electron chi connectivity index (χ3n) is 6.04. The number of primary amides is 1. The number of carbonyl (C=O) groups excluding carboxylic acids is 2. The number of piperazine rings is 2. The number of rotatable bonds is 6. The average molecular weight is 524 g/mol. The van der Waals surface area contributed by atoms with E-state index in [-0.39, 0.29) is 41.2 Å². The highest BCUT2D eigenvalue weighted by Crippen LogP contribution is 2.32. The number of hydrogen-bond donors (Lipinski definition) is 3. The number of benzene rings is 2. The van der Waals surface area contributed by atoms with Crippen LogP contribution in [-0.4, -0.2) is 67.1 Å². The maximum absolute atomic E-state index is 13.2. The summed E-state index contributed by atoms with van der Waals surface area (Å²) in [5.41, 5.74) is 7.13. The van der Waals surface area contributed by atoms with Gasteiger partial charge in [-0.2, -0.15) is 0 Å². The molecule has 2 fully saturated rings. The minimum Gasteiger partial charge on any atom is -0.497 e. The van der Waals surface area contributed by atoms with Gasteiger partial charge in [0.25, 0.3) is 0 Å². The first-order valence-corrected chi connectivity index (χ1v) is 11.3. The molecule has 35 heavy (non-hydrogen) atoms. The summed E-state index contributed by atoms with van der Waals surface area (Å²) in [5, 5.41) is 6.16. The van der Waals surface area contributed by atoms with Crippen LogP contribution in [0.4, 0.5) is 14.9 Å². The number of carbonyl (C=O) groups is 2. The molecule has 8 nitrogen and oxygen atoms in total. The number of hydrogen-bond acceptors (Lipinski definition) is 5. The average Bonchev–Trinajstić information content (AvgIpc) is 2.79. The zero-order valence-corrected chi connectivity index (χ0v) is 20.7. The molecule has 2 bridgehead atoms. The Morgan fingerprint density at radius 1 is 1.23 bits per heavy atom. The molecule has 2 atom stereocenters. The van der Waals surface area contributed by atoms with E-state index in [4.69, 9.17) is 22.1 Å². The Balaban J connectivity index is 0.00000342. The fourth-order valence-electron chi connectivity index (χ4n) is 4.58. The Morgan fingerprint density at radius 3 is 2.49 bits per heavy atom. The van der Waals surface area contributed by atoms with Crippen LogP contribution in [0.5, 0.6) is 5.75 Å². The molecular weight excluding hydrogens is 496 g/mol. The van der Waals surface area contributed by atoms with Crippen molar-refractivity contribution in [2.24, 2.45) is 5.73 Å². The highest BCUT2D eigenvalue weighted by atomic mass is 35.5. The van der Waals surface area contributed by atoms with Crippen molar-refractivity contribution in [1.29, 1.82) is 0 Å². The van der Waals surface area contributed by atoms with Gasteiger partial charge in [-0.05, 0) is 29.8 Å². The zero-order valence-electron chi connectivity index (χ0n) is 19.2. The van der Waals surface area contributed by atoms with E-state index >= 15 is 0 Å². The maximum atomic E-state index is 13.2. The molecule has 2 aliphatic rings. The van der Waals surface area contributed by atoms with Crippen LogP contribution in [0.25, 0.3) is 6.08 Å². The minimum atomic E-state index is -0.758. The fourth-order valence-corrected chi connectivity index (χ4v) is 4.84. The fraction of sp³-hybridized carbons (Fsp3) is 0.333. The van der Waals surface area contributed by atoms with E-state index in [0.717, 1.165) is 5.56 Å². The first-order valence-electron chi connectivity index (χ1n) is 11.0. The summed E-state index contributed by atoms with van der Waals surface area (Å²) >= 11 is 6.28. The monoisotopic (exact) mass is 523 g/mol. The number of nitrogens with zero attached hydrogens (tertiary/aromatic N) is 2. The van der Waals surface area contributed by atoms with Crippen molar-refractivity contribution in [3.05, 3.63) is 64.4 Å². The van der Waals surface area contributed by atoms with Crippen LogP contribution in [-0.2, 0) is 11.3 Å². The topological polar surface area (TPSA) is 99.9 Å². The number of ether oxygens (including phenoxy) is 1. The van der Waals surface area contributed by atoms with Crippen LogP contribution in [0.1, 0.15) is 11.1 Å². The van der Waals surface area contributed by atoms with Crippen LogP contribution in [0, 0.1) is 5.82 Å². The van der Waals surface area contributed by atoms with Crippen molar-refractivity contribution in [2.75, 3.05) is 38.6 Å².